The van der Waals surface area contributed by atoms with Crippen LogP contribution in [0.2, 0.25) is 0 Å². The third-order valence-corrected chi connectivity index (χ3v) is 2.66. The first kappa shape index (κ1) is 11.4. The van der Waals surface area contributed by atoms with Crippen LogP contribution in [-0.4, -0.2) is 26.0 Å². The predicted molar refractivity (Wildman–Crippen MR) is 63.2 cm³/mol. The van der Waals surface area contributed by atoms with Crippen molar-refractivity contribution in [3.63, 3.8) is 0 Å². The molecule has 0 amide bonds. The molecule has 0 fully saturated rings. The van der Waals surface area contributed by atoms with Crippen molar-refractivity contribution in [2.24, 2.45) is 0 Å². The van der Waals surface area contributed by atoms with Gasteiger partial charge in [-0.3, -0.25) is 0 Å². The van der Waals surface area contributed by atoms with Crippen molar-refractivity contribution in [2.75, 3.05) is 25.3 Å². The molecule has 1 aromatic rings. The summed E-state index contributed by atoms with van der Waals surface area (Å²) in [5, 5.41) is 3.36. The Balaban J connectivity index is 2.50. The van der Waals surface area contributed by atoms with E-state index >= 15 is 0 Å². The molecule has 0 radical (unpaired) electrons. The summed E-state index contributed by atoms with van der Waals surface area (Å²) in [6, 6.07) is 8.77. The van der Waals surface area contributed by atoms with Gasteiger partial charge in [-0.25, -0.2) is 0 Å². The molecule has 0 aliphatic carbocycles. The largest absolute Gasteiger partial charge is 0.383 e. The molecule has 2 nitrogen and oxygen atoms in total. The monoisotopic (exact) mass is 211 g/mol. The Labute approximate surface area is 90.0 Å². The smallest absolute Gasteiger partial charge is 0.0661 e. The van der Waals surface area contributed by atoms with E-state index < -0.39 is 0 Å². The van der Waals surface area contributed by atoms with Crippen molar-refractivity contribution in [1.82, 2.24) is 0 Å². The number of hydrogen-bond acceptors (Lipinski definition) is 3. The average Bonchev–Trinajstić information content (AvgIpc) is 2.19. The number of anilines is 1. The summed E-state index contributed by atoms with van der Waals surface area (Å²) in [5.41, 5.74) is 1.15. The van der Waals surface area contributed by atoms with Gasteiger partial charge in [0.1, 0.15) is 0 Å². The van der Waals surface area contributed by atoms with E-state index in [-0.39, 0.29) is 0 Å². The first-order valence-corrected chi connectivity index (χ1v) is 5.88. The number of benzene rings is 1. The number of thioether (sulfide) groups is 1. The minimum atomic E-state index is 0.347. The van der Waals surface area contributed by atoms with Gasteiger partial charge in [-0.05, 0) is 37.4 Å². The van der Waals surface area contributed by atoms with Gasteiger partial charge in [0.2, 0.25) is 0 Å². The van der Waals surface area contributed by atoms with E-state index in [0.29, 0.717) is 6.04 Å². The normalized spacial score (nSPS) is 12.5. The molecule has 1 unspecified atom stereocenters. The summed E-state index contributed by atoms with van der Waals surface area (Å²) in [4.78, 5) is 1.29. The van der Waals surface area contributed by atoms with Gasteiger partial charge < -0.3 is 10.1 Å². The van der Waals surface area contributed by atoms with Gasteiger partial charge in [-0.2, -0.15) is 0 Å². The van der Waals surface area contributed by atoms with Gasteiger partial charge in [-0.1, -0.05) is 0 Å². The summed E-state index contributed by atoms with van der Waals surface area (Å²) < 4.78 is 5.05. The van der Waals surface area contributed by atoms with Gasteiger partial charge in [0.05, 0.1) is 6.61 Å². The molecule has 0 spiro atoms. The van der Waals surface area contributed by atoms with Gasteiger partial charge in [0.25, 0.3) is 0 Å². The van der Waals surface area contributed by atoms with Gasteiger partial charge in [-0.15, -0.1) is 11.8 Å². The van der Waals surface area contributed by atoms with Crippen molar-refractivity contribution in [2.45, 2.75) is 17.9 Å². The molecule has 0 saturated carbocycles. The first-order valence-electron chi connectivity index (χ1n) is 4.65. The highest BCUT2D eigenvalue weighted by molar-refractivity contribution is 7.98. The van der Waals surface area contributed by atoms with E-state index in [9.17, 15) is 0 Å². The Bertz CT molecular complexity index is 260. The molecule has 0 saturated heterocycles. The molecule has 0 heterocycles. The molecule has 1 aromatic carbocycles. The lowest BCUT2D eigenvalue weighted by atomic mass is 10.3. The van der Waals surface area contributed by atoms with Crippen molar-refractivity contribution in [3.8, 4) is 0 Å². The fourth-order valence-electron chi connectivity index (χ4n) is 1.26. The van der Waals surface area contributed by atoms with E-state index in [1.165, 1.54) is 4.90 Å². The third-order valence-electron chi connectivity index (χ3n) is 1.92. The number of methoxy groups -OCH3 is 1. The van der Waals surface area contributed by atoms with Gasteiger partial charge >= 0.3 is 0 Å². The second-order valence-electron chi connectivity index (χ2n) is 3.23. The van der Waals surface area contributed by atoms with Crippen LogP contribution < -0.4 is 5.32 Å². The Morgan fingerprint density at radius 3 is 2.50 bits per heavy atom. The summed E-state index contributed by atoms with van der Waals surface area (Å²) >= 11 is 1.75. The summed E-state index contributed by atoms with van der Waals surface area (Å²) in [5.74, 6) is 0. The lowest BCUT2D eigenvalue weighted by molar-refractivity contribution is 0.190. The lowest BCUT2D eigenvalue weighted by Gasteiger charge is -2.14. The highest BCUT2D eigenvalue weighted by Gasteiger charge is 2.00. The minimum absolute atomic E-state index is 0.347. The second-order valence-corrected chi connectivity index (χ2v) is 4.11. The molecule has 1 atom stereocenters. The van der Waals surface area contributed by atoms with Gasteiger partial charge in [0.15, 0.2) is 0 Å². The second kappa shape index (κ2) is 5.94. The zero-order chi connectivity index (χ0) is 10.4. The zero-order valence-corrected chi connectivity index (χ0v) is 9.73. The molecular formula is C11H17NOS. The number of rotatable bonds is 5. The molecule has 0 aromatic heterocycles. The van der Waals surface area contributed by atoms with Crippen molar-refractivity contribution in [3.05, 3.63) is 24.3 Å². The highest BCUT2D eigenvalue weighted by atomic mass is 32.2. The Hall–Kier alpha value is -0.670. The summed E-state index contributed by atoms with van der Waals surface area (Å²) in [7, 11) is 1.72. The Kier molecular flexibility index (Phi) is 4.84. The summed E-state index contributed by atoms with van der Waals surface area (Å²) in [6.07, 6.45) is 2.08. The third kappa shape index (κ3) is 3.60. The fourth-order valence-corrected chi connectivity index (χ4v) is 1.67. The zero-order valence-electron chi connectivity index (χ0n) is 8.91. The lowest BCUT2D eigenvalue weighted by Crippen LogP contribution is -2.20. The Morgan fingerprint density at radius 1 is 1.36 bits per heavy atom. The van der Waals surface area contributed by atoms with Crippen LogP contribution in [0.5, 0.6) is 0 Å². The fraction of sp³-hybridized carbons (Fsp3) is 0.455. The molecule has 1 rings (SSSR count). The van der Waals surface area contributed by atoms with E-state index in [2.05, 4.69) is 42.8 Å². The van der Waals surface area contributed by atoms with Gasteiger partial charge in [0, 0.05) is 23.7 Å². The number of hydrogen-bond donors (Lipinski definition) is 1. The molecule has 0 aliphatic heterocycles. The quantitative estimate of drug-likeness (QED) is 0.757. The van der Waals surface area contributed by atoms with Crippen LogP contribution in [0.15, 0.2) is 29.2 Å². The first-order chi connectivity index (χ1) is 6.76. The van der Waals surface area contributed by atoms with Crippen LogP contribution in [-0.2, 0) is 4.74 Å². The molecule has 0 bridgehead atoms. The average molecular weight is 211 g/mol. The minimum Gasteiger partial charge on any atom is -0.383 e. The van der Waals surface area contributed by atoms with Crippen molar-refractivity contribution in [1.29, 1.82) is 0 Å². The predicted octanol–water partition coefficient (Wildman–Crippen LogP) is 2.86. The van der Waals surface area contributed by atoms with Crippen LogP contribution in [0.25, 0.3) is 0 Å². The number of ether oxygens (including phenoxy) is 1. The maximum Gasteiger partial charge on any atom is 0.0661 e. The standard InChI is InChI=1S/C11H17NOS/c1-9(8-13-2)12-10-4-6-11(14-3)7-5-10/h4-7,9,12H,8H2,1-3H3. The molecule has 14 heavy (non-hydrogen) atoms. The van der Waals surface area contributed by atoms with E-state index in [0.717, 1.165) is 12.3 Å². The molecule has 78 valence electrons. The maximum absolute atomic E-state index is 5.05. The molecule has 3 heteroatoms. The van der Waals surface area contributed by atoms with Crippen LogP contribution in [0, 0.1) is 0 Å². The van der Waals surface area contributed by atoms with Crippen LogP contribution in [0.3, 0.4) is 0 Å². The molecule has 0 aliphatic rings. The van der Waals surface area contributed by atoms with Crippen LogP contribution in [0.1, 0.15) is 6.92 Å². The van der Waals surface area contributed by atoms with Crippen LogP contribution in [0.4, 0.5) is 5.69 Å². The van der Waals surface area contributed by atoms with E-state index in [4.69, 9.17) is 4.74 Å². The van der Waals surface area contributed by atoms with Crippen LogP contribution >= 0.6 is 11.8 Å². The topological polar surface area (TPSA) is 21.3 Å². The van der Waals surface area contributed by atoms with Crippen molar-refractivity contribution < 1.29 is 4.74 Å². The van der Waals surface area contributed by atoms with E-state index in [1.807, 2.05) is 0 Å². The van der Waals surface area contributed by atoms with E-state index in [1.54, 1.807) is 18.9 Å². The highest BCUT2D eigenvalue weighted by Crippen LogP contribution is 2.17. The maximum atomic E-state index is 5.05. The SMILES string of the molecule is COCC(C)Nc1ccc(SC)cc1. The molecule has 1 N–H and O–H groups in total. The summed E-state index contributed by atoms with van der Waals surface area (Å²) in [6.45, 7) is 2.83. The Morgan fingerprint density at radius 2 is 2.00 bits per heavy atom. The molecular weight excluding hydrogens is 194 g/mol. The number of nitrogens with one attached hydrogen (secondary N) is 1. The van der Waals surface area contributed by atoms with Crippen molar-refractivity contribution >= 4 is 17.4 Å².